The van der Waals surface area contributed by atoms with Crippen LogP contribution in [0.2, 0.25) is 0 Å². The minimum absolute atomic E-state index is 0.135. The molecule has 0 aliphatic heterocycles. The molecule has 0 aromatic heterocycles. The smallest absolute Gasteiger partial charge is 0.422 e. The van der Waals surface area contributed by atoms with E-state index in [1.165, 1.54) is 14.2 Å². The average molecular weight is 517 g/mol. The number of nitrogens with one attached hydrogen (secondary N) is 1. The van der Waals surface area contributed by atoms with E-state index in [4.69, 9.17) is 9.47 Å². The summed E-state index contributed by atoms with van der Waals surface area (Å²) in [5.74, 6) is -0.314. The fraction of sp³-hybridized carbons (Fsp3) is 0.400. The third kappa shape index (κ3) is 8.82. The number of hydrogen-bond donors (Lipinski definition) is 1. The lowest BCUT2D eigenvalue weighted by atomic mass is 10.1. The summed E-state index contributed by atoms with van der Waals surface area (Å²) in [6.07, 6.45) is -9.35. The molecule has 2 aromatic carbocycles. The van der Waals surface area contributed by atoms with E-state index in [1.54, 1.807) is 18.2 Å². The number of ether oxygens (including phenoxy) is 4. The SMILES string of the molecule is COc1cc(CCNS(=O)(=O)c2cc(OCC(F)(F)F)ccc2OCC(F)(F)F)cc(OC)c1. The standard InChI is InChI=1S/C20H21F6NO6S/c1-30-15-7-13(8-16(9-15)31-2)5-6-27-34(28,29)18-10-14(32-11-19(21,22)23)3-4-17(18)33-12-20(24,25)26/h3-4,7-10,27H,5-6,11-12H2,1-2H3. The van der Waals surface area contributed by atoms with Gasteiger partial charge in [0.2, 0.25) is 10.0 Å². The van der Waals surface area contributed by atoms with Crippen molar-refractivity contribution in [1.29, 1.82) is 0 Å². The number of hydrogen-bond acceptors (Lipinski definition) is 6. The molecule has 0 saturated heterocycles. The molecule has 0 radical (unpaired) electrons. The number of rotatable bonds is 11. The van der Waals surface area contributed by atoms with Gasteiger partial charge in [-0.1, -0.05) is 0 Å². The minimum Gasteiger partial charge on any atom is -0.497 e. The molecule has 190 valence electrons. The lowest BCUT2D eigenvalue weighted by Crippen LogP contribution is -2.27. The lowest BCUT2D eigenvalue weighted by Gasteiger charge is -2.16. The molecule has 14 heteroatoms. The zero-order valence-electron chi connectivity index (χ0n) is 17.9. The first-order chi connectivity index (χ1) is 15.7. The first-order valence-corrected chi connectivity index (χ1v) is 11.0. The van der Waals surface area contributed by atoms with Crippen LogP contribution in [0.3, 0.4) is 0 Å². The van der Waals surface area contributed by atoms with Crippen LogP contribution in [0.5, 0.6) is 23.0 Å². The predicted octanol–water partition coefficient (Wildman–Crippen LogP) is 4.11. The third-order valence-corrected chi connectivity index (χ3v) is 5.60. The Hall–Kier alpha value is -2.87. The van der Waals surface area contributed by atoms with Gasteiger partial charge in [-0.2, -0.15) is 26.3 Å². The van der Waals surface area contributed by atoms with Crippen LogP contribution in [-0.4, -0.2) is 54.7 Å². The molecule has 1 N–H and O–H groups in total. The van der Waals surface area contributed by atoms with E-state index in [0.29, 0.717) is 23.1 Å². The maximum absolute atomic E-state index is 12.8. The predicted molar refractivity (Wildman–Crippen MR) is 108 cm³/mol. The van der Waals surface area contributed by atoms with Gasteiger partial charge in [0.1, 0.15) is 27.9 Å². The van der Waals surface area contributed by atoms with Crippen molar-refractivity contribution in [3.63, 3.8) is 0 Å². The zero-order valence-corrected chi connectivity index (χ0v) is 18.7. The molecule has 0 bridgehead atoms. The van der Waals surface area contributed by atoms with Crippen LogP contribution in [0.1, 0.15) is 5.56 Å². The van der Waals surface area contributed by atoms with E-state index < -0.39 is 52.0 Å². The molecule has 0 aliphatic carbocycles. The first-order valence-electron chi connectivity index (χ1n) is 9.47. The lowest BCUT2D eigenvalue weighted by molar-refractivity contribution is -0.154. The van der Waals surface area contributed by atoms with E-state index >= 15 is 0 Å². The van der Waals surface area contributed by atoms with Gasteiger partial charge in [0.05, 0.1) is 14.2 Å². The zero-order chi connectivity index (χ0) is 25.6. The number of sulfonamides is 1. The second-order valence-electron chi connectivity index (χ2n) is 6.78. The van der Waals surface area contributed by atoms with E-state index in [0.717, 1.165) is 12.1 Å². The Morgan fingerprint density at radius 3 is 1.88 bits per heavy atom. The molecule has 2 rings (SSSR count). The molecule has 0 unspecified atom stereocenters. The van der Waals surface area contributed by atoms with Gasteiger partial charge in [0.25, 0.3) is 0 Å². The Kier molecular flexibility index (Phi) is 8.89. The van der Waals surface area contributed by atoms with Crippen molar-refractivity contribution in [2.75, 3.05) is 34.0 Å². The van der Waals surface area contributed by atoms with Gasteiger partial charge in [-0.3, -0.25) is 0 Å². The van der Waals surface area contributed by atoms with Crippen molar-refractivity contribution >= 4 is 10.0 Å². The van der Waals surface area contributed by atoms with E-state index in [1.807, 2.05) is 0 Å². The summed E-state index contributed by atoms with van der Waals surface area (Å²) in [5.41, 5.74) is 0.620. The Bertz CT molecular complexity index is 1050. The minimum atomic E-state index is -4.77. The van der Waals surface area contributed by atoms with Crippen LogP contribution >= 0.6 is 0 Å². The number of benzene rings is 2. The average Bonchev–Trinajstić information content (AvgIpc) is 2.75. The topological polar surface area (TPSA) is 83.1 Å². The van der Waals surface area contributed by atoms with Crippen LogP contribution in [0, 0.1) is 0 Å². The maximum Gasteiger partial charge on any atom is 0.422 e. The summed E-state index contributed by atoms with van der Waals surface area (Å²) in [4.78, 5) is -0.806. The van der Waals surface area contributed by atoms with Crippen LogP contribution in [-0.2, 0) is 16.4 Å². The molecular weight excluding hydrogens is 496 g/mol. The summed E-state index contributed by atoms with van der Waals surface area (Å²) < 4.78 is 122. The molecule has 7 nitrogen and oxygen atoms in total. The summed E-state index contributed by atoms with van der Waals surface area (Å²) in [5, 5.41) is 0. The third-order valence-electron chi connectivity index (χ3n) is 4.12. The molecule has 0 fully saturated rings. The monoisotopic (exact) mass is 517 g/mol. The van der Waals surface area contributed by atoms with Crippen molar-refractivity contribution < 1.29 is 53.7 Å². The quantitative estimate of drug-likeness (QED) is 0.452. The highest BCUT2D eigenvalue weighted by atomic mass is 32.2. The Morgan fingerprint density at radius 2 is 1.35 bits per heavy atom. The van der Waals surface area contributed by atoms with Crippen LogP contribution in [0.4, 0.5) is 26.3 Å². The first kappa shape index (κ1) is 27.4. The van der Waals surface area contributed by atoms with Crippen molar-refractivity contribution in [3.05, 3.63) is 42.0 Å². The van der Waals surface area contributed by atoms with Gasteiger partial charge in [-0.25, -0.2) is 13.1 Å². The number of methoxy groups -OCH3 is 2. The molecule has 0 aliphatic rings. The molecule has 0 amide bonds. The van der Waals surface area contributed by atoms with Crippen molar-refractivity contribution in [1.82, 2.24) is 4.72 Å². The van der Waals surface area contributed by atoms with Crippen molar-refractivity contribution in [3.8, 4) is 23.0 Å². The highest BCUT2D eigenvalue weighted by Gasteiger charge is 2.31. The van der Waals surface area contributed by atoms with Crippen LogP contribution in [0.15, 0.2) is 41.3 Å². The van der Waals surface area contributed by atoms with E-state index in [-0.39, 0.29) is 13.0 Å². The highest BCUT2D eigenvalue weighted by Crippen LogP contribution is 2.31. The van der Waals surface area contributed by atoms with Gasteiger partial charge in [-0.15, -0.1) is 0 Å². The molecule has 34 heavy (non-hydrogen) atoms. The van der Waals surface area contributed by atoms with Gasteiger partial charge in [0.15, 0.2) is 13.2 Å². The van der Waals surface area contributed by atoms with Gasteiger partial charge >= 0.3 is 12.4 Å². The van der Waals surface area contributed by atoms with Gasteiger partial charge < -0.3 is 18.9 Å². The molecule has 0 heterocycles. The number of alkyl halides is 6. The molecule has 0 saturated carbocycles. The highest BCUT2D eigenvalue weighted by molar-refractivity contribution is 7.89. The van der Waals surface area contributed by atoms with E-state index in [2.05, 4.69) is 14.2 Å². The second kappa shape index (κ2) is 11.0. The Balaban J connectivity index is 2.24. The maximum atomic E-state index is 12.8. The Morgan fingerprint density at radius 1 is 0.794 bits per heavy atom. The normalized spacial score (nSPS) is 12.4. The van der Waals surface area contributed by atoms with Crippen molar-refractivity contribution in [2.45, 2.75) is 23.7 Å². The van der Waals surface area contributed by atoms with E-state index in [9.17, 15) is 34.8 Å². The molecule has 0 spiro atoms. The van der Waals surface area contributed by atoms with Gasteiger partial charge in [0, 0.05) is 18.7 Å². The largest absolute Gasteiger partial charge is 0.497 e. The second-order valence-corrected chi connectivity index (χ2v) is 8.52. The molecule has 0 atom stereocenters. The fourth-order valence-electron chi connectivity index (χ4n) is 2.65. The summed E-state index contributed by atoms with van der Waals surface area (Å²) in [6.45, 7) is -3.73. The Labute approximate surface area is 191 Å². The van der Waals surface area contributed by atoms with Gasteiger partial charge in [-0.05, 0) is 36.2 Å². The molecule has 2 aromatic rings. The van der Waals surface area contributed by atoms with Crippen molar-refractivity contribution in [2.24, 2.45) is 0 Å². The molecular formula is C20H21F6NO6S. The summed E-state index contributed by atoms with van der Waals surface area (Å²) >= 11 is 0. The van der Waals surface area contributed by atoms with Crippen LogP contribution < -0.4 is 23.7 Å². The fourth-order valence-corrected chi connectivity index (χ4v) is 3.84. The summed E-state index contributed by atoms with van der Waals surface area (Å²) in [6, 6.07) is 7.18. The summed E-state index contributed by atoms with van der Waals surface area (Å²) in [7, 11) is -1.65. The number of halogens is 6. The van der Waals surface area contributed by atoms with Crippen LogP contribution in [0.25, 0.3) is 0 Å².